The summed E-state index contributed by atoms with van der Waals surface area (Å²) < 4.78 is 83.7. The van der Waals surface area contributed by atoms with Crippen LogP contribution in [0.5, 0.6) is 5.88 Å². The highest BCUT2D eigenvalue weighted by Crippen LogP contribution is 2.50. The van der Waals surface area contributed by atoms with Crippen LogP contribution in [0.3, 0.4) is 0 Å². The SMILES string of the molecule is O=C(OC1NCC12CC(Oc1ccc(C(F)(F)F)cn1)C2)C(F)(F)F. The average Bonchev–Trinajstić information content (AvgIpc) is 2.45. The van der Waals surface area contributed by atoms with Gasteiger partial charge in [-0.1, -0.05) is 0 Å². The topological polar surface area (TPSA) is 60.5 Å². The molecule has 1 aromatic heterocycles. The molecule has 1 saturated heterocycles. The fourth-order valence-corrected chi connectivity index (χ4v) is 2.89. The Morgan fingerprint density at radius 2 is 1.88 bits per heavy atom. The number of carbonyl (C=O) groups excluding carboxylic acids is 1. The largest absolute Gasteiger partial charge is 0.490 e. The number of pyridine rings is 1. The third-order valence-corrected chi connectivity index (χ3v) is 4.27. The third-order valence-electron chi connectivity index (χ3n) is 4.27. The number of nitrogens with zero attached hydrogens (tertiary/aromatic N) is 1. The molecule has 0 bridgehead atoms. The van der Waals surface area contributed by atoms with Crippen molar-refractivity contribution < 1.29 is 40.6 Å². The van der Waals surface area contributed by atoms with E-state index in [9.17, 15) is 31.1 Å². The van der Waals surface area contributed by atoms with Crippen molar-refractivity contribution in [2.24, 2.45) is 5.41 Å². The van der Waals surface area contributed by atoms with Crippen molar-refractivity contribution >= 4 is 5.97 Å². The van der Waals surface area contributed by atoms with E-state index in [-0.39, 0.29) is 5.88 Å². The number of carbonyl (C=O) groups is 1. The summed E-state index contributed by atoms with van der Waals surface area (Å²) in [5.74, 6) is -2.28. The normalized spacial score (nSPS) is 28.9. The first-order valence-corrected chi connectivity index (χ1v) is 7.21. The van der Waals surface area contributed by atoms with Gasteiger partial charge >= 0.3 is 18.3 Å². The second-order valence-corrected chi connectivity index (χ2v) is 6.06. The molecule has 1 aliphatic carbocycles. The first-order valence-electron chi connectivity index (χ1n) is 7.21. The molecule has 2 aliphatic rings. The zero-order valence-corrected chi connectivity index (χ0v) is 12.4. The molecule has 1 N–H and O–H groups in total. The standard InChI is InChI=1S/C14H12F6N2O3/c15-13(16,17)7-1-2-9(21-5-7)24-8-3-12(4-8)6-22-10(12)25-11(23)14(18,19)20/h1-2,5,8,10,22H,3-4,6H2. The van der Waals surface area contributed by atoms with Gasteiger partial charge in [0.15, 0.2) is 6.23 Å². The third kappa shape index (κ3) is 3.51. The molecule has 3 rings (SSSR count). The lowest BCUT2D eigenvalue weighted by Gasteiger charge is -2.57. The molecule has 1 unspecified atom stereocenters. The van der Waals surface area contributed by atoms with Gasteiger partial charge in [-0.2, -0.15) is 26.3 Å². The number of ether oxygens (including phenoxy) is 2. The van der Waals surface area contributed by atoms with Gasteiger partial charge in [-0.05, 0) is 18.9 Å². The van der Waals surface area contributed by atoms with Gasteiger partial charge in [-0.15, -0.1) is 0 Å². The molecule has 1 spiro atoms. The Bertz CT molecular complexity index is 652. The smallest absolute Gasteiger partial charge is 0.474 e. The van der Waals surface area contributed by atoms with Gasteiger partial charge in [0.2, 0.25) is 5.88 Å². The predicted molar refractivity (Wildman–Crippen MR) is 69.3 cm³/mol. The maximum absolute atomic E-state index is 12.4. The van der Waals surface area contributed by atoms with E-state index in [1.54, 1.807) is 0 Å². The minimum Gasteiger partial charge on any atom is -0.474 e. The van der Waals surface area contributed by atoms with Crippen molar-refractivity contribution in [3.8, 4) is 5.88 Å². The highest BCUT2D eigenvalue weighted by molar-refractivity contribution is 5.75. The number of nitrogens with one attached hydrogen (secondary N) is 1. The first-order chi connectivity index (χ1) is 11.5. The van der Waals surface area contributed by atoms with Crippen molar-refractivity contribution in [2.75, 3.05) is 6.54 Å². The highest BCUT2D eigenvalue weighted by Gasteiger charge is 2.60. The molecule has 1 aliphatic heterocycles. The monoisotopic (exact) mass is 370 g/mol. The molecular formula is C14H12F6N2O3. The van der Waals surface area contributed by atoms with E-state index in [2.05, 4.69) is 15.0 Å². The molecule has 1 saturated carbocycles. The van der Waals surface area contributed by atoms with Gasteiger partial charge in [0.1, 0.15) is 6.10 Å². The zero-order valence-electron chi connectivity index (χ0n) is 12.4. The molecule has 0 aromatic carbocycles. The lowest BCUT2D eigenvalue weighted by atomic mass is 9.61. The van der Waals surface area contributed by atoms with Crippen LogP contribution in [0, 0.1) is 5.41 Å². The molecule has 25 heavy (non-hydrogen) atoms. The summed E-state index contributed by atoms with van der Waals surface area (Å²) >= 11 is 0. The van der Waals surface area contributed by atoms with Crippen molar-refractivity contribution in [2.45, 2.75) is 37.5 Å². The van der Waals surface area contributed by atoms with E-state index in [1.165, 1.54) is 0 Å². The van der Waals surface area contributed by atoms with Gasteiger partial charge in [0, 0.05) is 24.2 Å². The minimum absolute atomic E-state index is 0.0102. The first kappa shape index (κ1) is 17.8. The van der Waals surface area contributed by atoms with Crippen LogP contribution in [0.1, 0.15) is 18.4 Å². The molecule has 0 radical (unpaired) electrons. The van der Waals surface area contributed by atoms with Crippen molar-refractivity contribution in [1.82, 2.24) is 10.3 Å². The van der Waals surface area contributed by atoms with E-state index in [1.807, 2.05) is 0 Å². The number of hydrogen-bond acceptors (Lipinski definition) is 5. The van der Waals surface area contributed by atoms with Crippen molar-refractivity contribution in [3.63, 3.8) is 0 Å². The van der Waals surface area contributed by atoms with Gasteiger partial charge in [-0.25, -0.2) is 9.78 Å². The van der Waals surface area contributed by atoms with Crippen LogP contribution >= 0.6 is 0 Å². The Morgan fingerprint density at radius 3 is 2.32 bits per heavy atom. The molecule has 138 valence electrons. The molecular weight excluding hydrogens is 358 g/mol. The van der Waals surface area contributed by atoms with Crippen molar-refractivity contribution in [3.05, 3.63) is 23.9 Å². The molecule has 5 nitrogen and oxygen atoms in total. The maximum Gasteiger partial charge on any atom is 0.490 e. The van der Waals surface area contributed by atoms with Gasteiger partial charge in [-0.3, -0.25) is 5.32 Å². The van der Waals surface area contributed by atoms with E-state index in [4.69, 9.17) is 4.74 Å². The van der Waals surface area contributed by atoms with Crippen LogP contribution in [-0.4, -0.2) is 36.0 Å². The summed E-state index contributed by atoms with van der Waals surface area (Å²) in [6, 6.07) is 1.91. The quantitative estimate of drug-likeness (QED) is 0.655. The number of rotatable bonds is 3. The van der Waals surface area contributed by atoms with Crippen LogP contribution in [-0.2, 0) is 15.7 Å². The van der Waals surface area contributed by atoms with Crippen LogP contribution < -0.4 is 10.1 Å². The summed E-state index contributed by atoms with van der Waals surface area (Å²) in [6.45, 7) is 0.364. The minimum atomic E-state index is -5.07. The summed E-state index contributed by atoms with van der Waals surface area (Å²) in [7, 11) is 0. The summed E-state index contributed by atoms with van der Waals surface area (Å²) in [5.41, 5.74) is -1.55. The Morgan fingerprint density at radius 1 is 1.20 bits per heavy atom. The Hall–Kier alpha value is -2.04. The Balaban J connectivity index is 1.52. The van der Waals surface area contributed by atoms with Gasteiger partial charge < -0.3 is 9.47 Å². The zero-order chi connectivity index (χ0) is 18.5. The second-order valence-electron chi connectivity index (χ2n) is 6.06. The van der Waals surface area contributed by atoms with E-state index in [0.717, 1.165) is 12.1 Å². The molecule has 2 fully saturated rings. The summed E-state index contributed by atoms with van der Waals surface area (Å²) in [4.78, 5) is 14.4. The number of halogens is 6. The Kier molecular flexibility index (Phi) is 4.09. The number of esters is 1. The molecule has 11 heteroatoms. The number of hydrogen-bond donors (Lipinski definition) is 1. The van der Waals surface area contributed by atoms with E-state index < -0.39 is 41.6 Å². The molecule has 2 heterocycles. The van der Waals surface area contributed by atoms with Gasteiger partial charge in [0.25, 0.3) is 0 Å². The van der Waals surface area contributed by atoms with Gasteiger partial charge in [0.05, 0.1) is 5.56 Å². The Labute approximate surface area is 137 Å². The van der Waals surface area contributed by atoms with E-state index >= 15 is 0 Å². The second kappa shape index (κ2) is 5.75. The fraction of sp³-hybridized carbons (Fsp3) is 0.571. The maximum atomic E-state index is 12.4. The lowest BCUT2D eigenvalue weighted by Crippen LogP contribution is -2.71. The molecule has 0 amide bonds. The number of alkyl halides is 6. The highest BCUT2D eigenvalue weighted by atomic mass is 19.4. The molecule has 1 aromatic rings. The van der Waals surface area contributed by atoms with Crippen LogP contribution in [0.25, 0.3) is 0 Å². The lowest BCUT2D eigenvalue weighted by molar-refractivity contribution is -0.236. The van der Waals surface area contributed by atoms with Crippen molar-refractivity contribution in [1.29, 1.82) is 0 Å². The van der Waals surface area contributed by atoms with E-state index in [0.29, 0.717) is 25.6 Å². The molecule has 1 atom stereocenters. The predicted octanol–water partition coefficient (Wildman–Crippen LogP) is 2.66. The van der Waals surface area contributed by atoms with Crippen LogP contribution in [0.15, 0.2) is 18.3 Å². The van der Waals surface area contributed by atoms with Crippen LogP contribution in [0.2, 0.25) is 0 Å². The summed E-state index contributed by atoms with van der Waals surface area (Å²) in [5, 5.41) is 2.61. The fourth-order valence-electron chi connectivity index (χ4n) is 2.89. The average molecular weight is 370 g/mol. The van der Waals surface area contributed by atoms with Crippen LogP contribution in [0.4, 0.5) is 26.3 Å². The summed E-state index contributed by atoms with van der Waals surface area (Å²) in [6.07, 6.45) is -9.79. The number of aromatic nitrogens is 1.